The number of methoxy groups -OCH3 is 1. The van der Waals surface area contributed by atoms with Crippen LogP contribution in [0.25, 0.3) is 0 Å². The minimum Gasteiger partial charge on any atom is -0.480 e. The van der Waals surface area contributed by atoms with Gasteiger partial charge in [0, 0.05) is 32.2 Å². The summed E-state index contributed by atoms with van der Waals surface area (Å²) in [5, 5.41) is 0. The molecule has 1 atom stereocenters. The lowest BCUT2D eigenvalue weighted by molar-refractivity contribution is -0.153. The second-order valence-electron chi connectivity index (χ2n) is 6.70. The summed E-state index contributed by atoms with van der Waals surface area (Å²) in [4.78, 5) is 27.5. The van der Waals surface area contributed by atoms with Gasteiger partial charge in [-0.25, -0.2) is 0 Å². The summed E-state index contributed by atoms with van der Waals surface area (Å²) in [5.41, 5.74) is 0. The van der Waals surface area contributed by atoms with E-state index >= 15 is 0 Å². The monoisotopic (exact) mass is 418 g/mol. The van der Waals surface area contributed by atoms with Crippen LogP contribution in [0.2, 0.25) is 0 Å². The first-order chi connectivity index (χ1) is 13.7. The Kier molecular flexibility index (Phi) is 8.12. The fourth-order valence-electron chi connectivity index (χ4n) is 3.03. The van der Waals surface area contributed by atoms with Crippen LogP contribution in [0.5, 0.6) is 11.5 Å². The summed E-state index contributed by atoms with van der Waals surface area (Å²) in [5.74, 6) is -0.542. The number of benzene rings is 1. The van der Waals surface area contributed by atoms with Gasteiger partial charge >= 0.3 is 12.1 Å². The molecule has 1 heterocycles. The van der Waals surface area contributed by atoms with E-state index < -0.39 is 12.8 Å². The van der Waals surface area contributed by atoms with E-state index in [1.807, 2.05) is 6.92 Å². The molecule has 0 radical (unpaired) electrons. The highest BCUT2D eigenvalue weighted by Crippen LogP contribution is 2.28. The third kappa shape index (κ3) is 7.45. The predicted molar refractivity (Wildman–Crippen MR) is 97.7 cm³/mol. The maximum Gasteiger partial charge on any atom is 0.422 e. The third-order valence-corrected chi connectivity index (χ3v) is 4.48. The number of nitrogens with zero attached hydrogens (tertiary/aromatic N) is 2. The molecule has 1 amide bonds. The molecule has 162 valence electrons. The number of carbonyl (C=O) groups excluding carboxylic acids is 2. The van der Waals surface area contributed by atoms with Crippen LogP contribution in [0, 0.1) is 0 Å². The van der Waals surface area contributed by atoms with Gasteiger partial charge in [0.05, 0.1) is 13.5 Å². The zero-order chi connectivity index (χ0) is 21.4. The van der Waals surface area contributed by atoms with Gasteiger partial charge in [0.1, 0.15) is 0 Å². The van der Waals surface area contributed by atoms with Crippen molar-refractivity contribution in [2.75, 3.05) is 46.5 Å². The van der Waals surface area contributed by atoms with E-state index in [1.165, 1.54) is 25.3 Å². The van der Waals surface area contributed by atoms with Crippen LogP contribution in [0.4, 0.5) is 13.2 Å². The first-order valence-corrected chi connectivity index (χ1v) is 9.19. The normalized spacial score (nSPS) is 17.7. The summed E-state index contributed by atoms with van der Waals surface area (Å²) in [6.45, 7) is 2.38. The minimum absolute atomic E-state index is 0.0710. The van der Waals surface area contributed by atoms with Gasteiger partial charge in [-0.3, -0.25) is 14.5 Å². The summed E-state index contributed by atoms with van der Waals surface area (Å²) in [6.07, 6.45) is -4.18. The fourth-order valence-corrected chi connectivity index (χ4v) is 3.03. The number of carbonyl (C=O) groups is 2. The average molecular weight is 418 g/mol. The largest absolute Gasteiger partial charge is 0.480 e. The third-order valence-electron chi connectivity index (χ3n) is 4.48. The Labute approximate surface area is 167 Å². The molecule has 0 bridgehead atoms. The second-order valence-corrected chi connectivity index (χ2v) is 6.70. The highest BCUT2D eigenvalue weighted by molar-refractivity contribution is 5.78. The van der Waals surface area contributed by atoms with Crippen LogP contribution in [-0.4, -0.2) is 80.4 Å². The van der Waals surface area contributed by atoms with Crippen LogP contribution in [0.1, 0.15) is 13.3 Å². The van der Waals surface area contributed by atoms with Crippen molar-refractivity contribution in [3.8, 4) is 11.5 Å². The van der Waals surface area contributed by atoms with Gasteiger partial charge in [-0.1, -0.05) is 12.1 Å². The first kappa shape index (κ1) is 22.8. The molecule has 1 aliphatic heterocycles. The molecule has 0 aliphatic carbocycles. The van der Waals surface area contributed by atoms with Crippen LogP contribution < -0.4 is 9.47 Å². The molecule has 1 aliphatic rings. The molecule has 1 aromatic carbocycles. The van der Waals surface area contributed by atoms with Gasteiger partial charge < -0.3 is 19.1 Å². The van der Waals surface area contributed by atoms with Gasteiger partial charge in [-0.2, -0.15) is 13.2 Å². The van der Waals surface area contributed by atoms with Gasteiger partial charge in [-0.05, 0) is 19.1 Å². The van der Waals surface area contributed by atoms with Gasteiger partial charge in [0.2, 0.25) is 0 Å². The van der Waals surface area contributed by atoms with Gasteiger partial charge in [0.15, 0.2) is 24.7 Å². The number of halogens is 3. The van der Waals surface area contributed by atoms with Crippen molar-refractivity contribution in [2.45, 2.75) is 25.6 Å². The Hall–Kier alpha value is -2.49. The Morgan fingerprint density at radius 3 is 2.38 bits per heavy atom. The SMILES string of the molecule is COC(=O)CCN1CCN(C(=O)COc2ccccc2OCC(F)(F)F)[C@H](C)C1. The molecule has 0 unspecified atom stereocenters. The lowest BCUT2D eigenvalue weighted by atomic mass is 10.2. The van der Waals surface area contributed by atoms with Gasteiger partial charge in [-0.15, -0.1) is 0 Å². The number of hydrogen-bond donors (Lipinski definition) is 0. The van der Waals surface area contributed by atoms with Crippen LogP contribution in [-0.2, 0) is 14.3 Å². The standard InChI is InChI=1S/C19H25F3N2O5/c1-14-11-23(8-7-18(26)27-2)9-10-24(14)17(25)12-28-15-5-3-4-6-16(15)29-13-19(20,21)22/h3-6,14H,7-13H2,1-2H3/t14-/m1/s1. The fraction of sp³-hybridized carbons (Fsp3) is 0.579. The van der Waals surface area contributed by atoms with Gasteiger partial charge in [0.25, 0.3) is 5.91 Å². The van der Waals surface area contributed by atoms with Crippen LogP contribution in [0.3, 0.4) is 0 Å². The smallest absolute Gasteiger partial charge is 0.422 e. The minimum atomic E-state index is -4.47. The Morgan fingerprint density at radius 1 is 1.14 bits per heavy atom. The lowest BCUT2D eigenvalue weighted by Crippen LogP contribution is -2.55. The molecule has 1 saturated heterocycles. The molecular formula is C19H25F3N2O5. The molecule has 0 N–H and O–H groups in total. The molecule has 0 saturated carbocycles. The number of esters is 1. The zero-order valence-electron chi connectivity index (χ0n) is 16.4. The van der Waals surface area contributed by atoms with E-state index in [-0.39, 0.29) is 42.4 Å². The van der Waals surface area contributed by atoms with Crippen molar-refractivity contribution in [3.05, 3.63) is 24.3 Å². The zero-order valence-corrected chi connectivity index (χ0v) is 16.4. The Morgan fingerprint density at radius 2 is 1.79 bits per heavy atom. The maximum absolute atomic E-state index is 12.5. The Balaban J connectivity index is 1.85. The molecule has 7 nitrogen and oxygen atoms in total. The molecule has 2 rings (SSSR count). The van der Waals surface area contributed by atoms with E-state index in [2.05, 4.69) is 9.64 Å². The van der Waals surface area contributed by atoms with Crippen molar-refractivity contribution in [2.24, 2.45) is 0 Å². The molecule has 29 heavy (non-hydrogen) atoms. The van der Waals surface area contributed by atoms with E-state index in [0.717, 1.165) is 0 Å². The summed E-state index contributed by atoms with van der Waals surface area (Å²) >= 11 is 0. The molecule has 1 aromatic rings. The Bertz CT molecular complexity index is 699. The average Bonchev–Trinajstić information content (AvgIpc) is 2.68. The summed E-state index contributed by atoms with van der Waals surface area (Å²) in [7, 11) is 1.34. The van der Waals surface area contributed by atoms with E-state index in [4.69, 9.17) is 9.47 Å². The second kappa shape index (κ2) is 10.3. The first-order valence-electron chi connectivity index (χ1n) is 9.19. The number of amides is 1. The summed E-state index contributed by atoms with van der Waals surface area (Å²) in [6, 6.07) is 5.83. The van der Waals surface area contributed by atoms with Crippen molar-refractivity contribution in [1.29, 1.82) is 0 Å². The highest BCUT2D eigenvalue weighted by atomic mass is 19.4. The lowest BCUT2D eigenvalue weighted by Gasteiger charge is -2.39. The van der Waals surface area contributed by atoms with Crippen molar-refractivity contribution >= 4 is 11.9 Å². The molecule has 1 fully saturated rings. The van der Waals surface area contributed by atoms with Crippen molar-refractivity contribution < 1.29 is 37.0 Å². The van der Waals surface area contributed by atoms with Crippen molar-refractivity contribution in [3.63, 3.8) is 0 Å². The number of piperazine rings is 1. The highest BCUT2D eigenvalue weighted by Gasteiger charge is 2.30. The van der Waals surface area contributed by atoms with E-state index in [0.29, 0.717) is 26.2 Å². The number of ether oxygens (including phenoxy) is 3. The number of alkyl halides is 3. The molecule has 10 heteroatoms. The maximum atomic E-state index is 12.5. The summed E-state index contributed by atoms with van der Waals surface area (Å²) < 4.78 is 51.9. The number of rotatable bonds is 8. The molecule has 0 aromatic heterocycles. The number of hydrogen-bond acceptors (Lipinski definition) is 6. The van der Waals surface area contributed by atoms with E-state index in [1.54, 1.807) is 11.0 Å². The predicted octanol–water partition coefficient (Wildman–Crippen LogP) is 2.10. The molecule has 0 spiro atoms. The van der Waals surface area contributed by atoms with Crippen molar-refractivity contribution in [1.82, 2.24) is 9.80 Å². The number of para-hydroxylation sites is 2. The van der Waals surface area contributed by atoms with Crippen LogP contribution in [0.15, 0.2) is 24.3 Å². The molecular weight excluding hydrogens is 393 g/mol. The topological polar surface area (TPSA) is 68.3 Å². The quantitative estimate of drug-likeness (QED) is 0.603. The van der Waals surface area contributed by atoms with E-state index in [9.17, 15) is 22.8 Å². The van der Waals surface area contributed by atoms with Crippen LogP contribution >= 0.6 is 0 Å².